The van der Waals surface area contributed by atoms with Crippen LogP contribution in [0.25, 0.3) is 0 Å². The van der Waals surface area contributed by atoms with Crippen molar-refractivity contribution in [1.82, 2.24) is 15.1 Å². The summed E-state index contributed by atoms with van der Waals surface area (Å²) in [6.45, 7) is 1.93. The van der Waals surface area contributed by atoms with Crippen molar-refractivity contribution in [1.29, 1.82) is 0 Å². The fraction of sp³-hybridized carbons (Fsp3) is 0.850. The van der Waals surface area contributed by atoms with Gasteiger partial charge in [-0.2, -0.15) is 0 Å². The number of imide groups is 1. The largest absolute Gasteiger partial charge is 0.352 e. The van der Waals surface area contributed by atoms with Gasteiger partial charge in [0.15, 0.2) is 0 Å². The van der Waals surface area contributed by atoms with Crippen LogP contribution in [0.2, 0.25) is 0 Å². The summed E-state index contributed by atoms with van der Waals surface area (Å²) in [5, 5.41) is 3.08. The number of urea groups is 1. The summed E-state index contributed by atoms with van der Waals surface area (Å²) in [6.07, 6.45) is 9.61. The van der Waals surface area contributed by atoms with Crippen molar-refractivity contribution < 1.29 is 14.4 Å². The fourth-order valence-corrected chi connectivity index (χ4v) is 6.13. The first-order valence-electron chi connectivity index (χ1n) is 10.3. The highest BCUT2D eigenvalue weighted by atomic mass is 16.2. The summed E-state index contributed by atoms with van der Waals surface area (Å²) in [7, 11) is 1.71. The Hall–Kier alpha value is -1.59. The number of nitrogens with one attached hydrogen (secondary N) is 1. The van der Waals surface area contributed by atoms with Gasteiger partial charge in [-0.3, -0.25) is 14.5 Å². The van der Waals surface area contributed by atoms with E-state index in [0.717, 1.165) is 31.1 Å². The number of likely N-dealkylation sites (N-methyl/N-ethyl adjacent to an activating group) is 1. The molecule has 1 spiro atoms. The number of carbonyl (C=O) groups excluding carboxylic acids is 3. The summed E-state index contributed by atoms with van der Waals surface area (Å²) in [5.74, 6) is 1.75. The first kappa shape index (κ1) is 17.8. The molecular weight excluding hydrogens is 330 g/mol. The average molecular weight is 361 g/mol. The Morgan fingerprint density at radius 3 is 2.54 bits per heavy atom. The van der Waals surface area contributed by atoms with Crippen LogP contribution < -0.4 is 5.32 Å². The van der Waals surface area contributed by atoms with Gasteiger partial charge in [0.1, 0.15) is 12.1 Å². The summed E-state index contributed by atoms with van der Waals surface area (Å²) in [4.78, 5) is 40.9. The molecular formula is C20H31N3O3. The highest BCUT2D eigenvalue weighted by Gasteiger charge is 2.56. The van der Waals surface area contributed by atoms with E-state index in [2.05, 4.69) is 12.2 Å². The predicted molar refractivity (Wildman–Crippen MR) is 97.2 cm³/mol. The van der Waals surface area contributed by atoms with Gasteiger partial charge in [-0.05, 0) is 56.8 Å². The number of hydrogen-bond acceptors (Lipinski definition) is 3. The van der Waals surface area contributed by atoms with Crippen LogP contribution in [-0.4, -0.2) is 52.8 Å². The van der Waals surface area contributed by atoms with E-state index < -0.39 is 5.54 Å². The first-order valence-corrected chi connectivity index (χ1v) is 10.3. The van der Waals surface area contributed by atoms with Gasteiger partial charge in [0.05, 0.1) is 0 Å². The lowest BCUT2D eigenvalue weighted by molar-refractivity contribution is -0.137. The summed E-state index contributed by atoms with van der Waals surface area (Å²) in [6, 6.07) is -0.202. The topological polar surface area (TPSA) is 69.7 Å². The van der Waals surface area contributed by atoms with Gasteiger partial charge in [-0.15, -0.1) is 0 Å². The quantitative estimate of drug-likeness (QED) is 0.782. The molecule has 0 aromatic carbocycles. The second kappa shape index (κ2) is 6.54. The third-order valence-corrected chi connectivity index (χ3v) is 7.61. The molecule has 1 aliphatic heterocycles. The van der Waals surface area contributed by atoms with Crippen molar-refractivity contribution in [3.05, 3.63) is 0 Å². The molecule has 0 radical (unpaired) electrons. The Morgan fingerprint density at radius 1 is 1.19 bits per heavy atom. The molecule has 1 saturated heterocycles. The SMILES string of the molecule is CC(NC(=O)CN1C(=O)N(C)C2(CCCCC2)C1=O)C1CC2CCC1C2. The lowest BCUT2D eigenvalue weighted by atomic mass is 9.81. The van der Waals surface area contributed by atoms with Crippen LogP contribution in [0.5, 0.6) is 0 Å². The van der Waals surface area contributed by atoms with Gasteiger partial charge in [0, 0.05) is 13.1 Å². The third kappa shape index (κ3) is 2.72. The number of carbonyl (C=O) groups is 3. The van der Waals surface area contributed by atoms with Crippen molar-refractivity contribution in [3.63, 3.8) is 0 Å². The molecule has 3 saturated carbocycles. The Balaban J connectivity index is 1.38. The summed E-state index contributed by atoms with van der Waals surface area (Å²) < 4.78 is 0. The van der Waals surface area contributed by atoms with Crippen molar-refractivity contribution in [3.8, 4) is 0 Å². The minimum atomic E-state index is -0.703. The van der Waals surface area contributed by atoms with Crippen LogP contribution in [0.15, 0.2) is 0 Å². The van der Waals surface area contributed by atoms with E-state index in [4.69, 9.17) is 0 Å². The van der Waals surface area contributed by atoms with Crippen molar-refractivity contribution in [2.45, 2.75) is 76.3 Å². The van der Waals surface area contributed by atoms with Gasteiger partial charge >= 0.3 is 6.03 Å². The van der Waals surface area contributed by atoms with E-state index in [0.29, 0.717) is 18.8 Å². The zero-order valence-corrected chi connectivity index (χ0v) is 16.0. The van der Waals surface area contributed by atoms with Crippen LogP contribution in [0.1, 0.15) is 64.7 Å². The van der Waals surface area contributed by atoms with Crippen LogP contribution in [0, 0.1) is 17.8 Å². The summed E-state index contributed by atoms with van der Waals surface area (Å²) in [5.41, 5.74) is -0.703. The zero-order chi connectivity index (χ0) is 18.5. The average Bonchev–Trinajstić information content (AvgIpc) is 3.31. The van der Waals surface area contributed by atoms with Crippen molar-refractivity contribution in [2.24, 2.45) is 17.8 Å². The number of fused-ring (bicyclic) bond motifs is 2. The standard InChI is InChI=1S/C20H31N3O3/c1-13(16-11-14-6-7-15(16)10-14)21-17(24)12-23-18(25)20(22(2)19(23)26)8-4-3-5-9-20/h13-16H,3-12H2,1-2H3,(H,21,24). The van der Waals surface area contributed by atoms with E-state index in [-0.39, 0.29) is 30.4 Å². The fourth-order valence-electron chi connectivity index (χ4n) is 6.13. The molecule has 1 heterocycles. The van der Waals surface area contributed by atoms with Crippen molar-refractivity contribution >= 4 is 17.8 Å². The lowest BCUT2D eigenvalue weighted by Gasteiger charge is -2.35. The molecule has 0 aromatic rings. The minimum absolute atomic E-state index is 0.118. The zero-order valence-electron chi connectivity index (χ0n) is 16.0. The van der Waals surface area contributed by atoms with E-state index in [1.54, 1.807) is 11.9 Å². The lowest BCUT2D eigenvalue weighted by Crippen LogP contribution is -2.50. The van der Waals surface area contributed by atoms with Gasteiger partial charge in [-0.1, -0.05) is 25.7 Å². The maximum atomic E-state index is 13.0. The van der Waals surface area contributed by atoms with Crippen LogP contribution >= 0.6 is 0 Å². The third-order valence-electron chi connectivity index (χ3n) is 7.61. The molecule has 26 heavy (non-hydrogen) atoms. The molecule has 4 fully saturated rings. The molecule has 0 aromatic heterocycles. The second-order valence-corrected chi connectivity index (χ2v) is 9.02. The summed E-state index contributed by atoms with van der Waals surface area (Å²) >= 11 is 0. The number of rotatable bonds is 4. The second-order valence-electron chi connectivity index (χ2n) is 9.02. The molecule has 2 bridgehead atoms. The molecule has 4 aliphatic rings. The normalized spacial score (nSPS) is 34.0. The van der Waals surface area contributed by atoms with E-state index in [1.807, 2.05) is 0 Å². The van der Waals surface area contributed by atoms with Crippen LogP contribution in [-0.2, 0) is 9.59 Å². The Kier molecular flexibility index (Phi) is 4.48. The predicted octanol–water partition coefficient (Wildman–Crippen LogP) is 2.52. The van der Waals surface area contributed by atoms with Gasteiger partial charge < -0.3 is 10.2 Å². The van der Waals surface area contributed by atoms with Gasteiger partial charge in [0.25, 0.3) is 5.91 Å². The van der Waals surface area contributed by atoms with E-state index in [1.165, 1.54) is 30.6 Å². The maximum Gasteiger partial charge on any atom is 0.327 e. The molecule has 4 amide bonds. The maximum absolute atomic E-state index is 13.0. The minimum Gasteiger partial charge on any atom is -0.352 e. The Labute approximate surface area is 155 Å². The monoisotopic (exact) mass is 361 g/mol. The molecule has 144 valence electrons. The van der Waals surface area contributed by atoms with Crippen LogP contribution in [0.4, 0.5) is 4.79 Å². The number of amides is 4. The Morgan fingerprint density at radius 2 is 1.92 bits per heavy atom. The van der Waals surface area contributed by atoms with Gasteiger partial charge in [0.2, 0.25) is 5.91 Å². The van der Waals surface area contributed by atoms with E-state index in [9.17, 15) is 14.4 Å². The Bertz CT molecular complexity index is 613. The molecule has 6 heteroatoms. The molecule has 4 atom stereocenters. The molecule has 4 unspecified atom stereocenters. The van der Waals surface area contributed by atoms with Crippen molar-refractivity contribution in [2.75, 3.05) is 13.6 Å². The highest BCUT2D eigenvalue weighted by Crippen LogP contribution is 2.49. The highest BCUT2D eigenvalue weighted by molar-refractivity contribution is 6.08. The number of hydrogen-bond donors (Lipinski definition) is 1. The molecule has 6 nitrogen and oxygen atoms in total. The smallest absolute Gasteiger partial charge is 0.327 e. The van der Waals surface area contributed by atoms with E-state index >= 15 is 0 Å². The molecule has 3 aliphatic carbocycles. The first-order chi connectivity index (χ1) is 12.4. The molecule has 1 N–H and O–H groups in total. The molecule has 4 rings (SSSR count). The van der Waals surface area contributed by atoms with Gasteiger partial charge in [-0.25, -0.2) is 4.79 Å². The number of nitrogens with zero attached hydrogens (tertiary/aromatic N) is 2. The van der Waals surface area contributed by atoms with Crippen LogP contribution in [0.3, 0.4) is 0 Å².